The van der Waals surface area contributed by atoms with Gasteiger partial charge in [-0.15, -0.1) is 0 Å². The van der Waals surface area contributed by atoms with Gasteiger partial charge in [0.2, 0.25) is 0 Å². The molecule has 0 aliphatic heterocycles. The maximum atomic E-state index is 14.1. The van der Waals surface area contributed by atoms with Gasteiger partial charge in [0.05, 0.1) is 7.11 Å². The van der Waals surface area contributed by atoms with Crippen molar-refractivity contribution in [2.24, 2.45) is 0 Å². The van der Waals surface area contributed by atoms with Crippen LogP contribution in [0.25, 0.3) is 0 Å². The van der Waals surface area contributed by atoms with Crippen LogP contribution in [0.4, 0.5) is 8.78 Å². The summed E-state index contributed by atoms with van der Waals surface area (Å²) in [6.45, 7) is 1.10. The minimum Gasteiger partial charge on any atom is -0.497 e. The minimum absolute atomic E-state index is 0.0868. The monoisotopic (exact) mass is 413 g/mol. The average molecular weight is 413 g/mol. The SMILES string of the molecule is COc1ccc(OC[C@@H](O)CN(Cc2ccc(F)cc2)Cc2ccccc2F)cc1. The van der Waals surface area contributed by atoms with Gasteiger partial charge in [-0.05, 0) is 48.0 Å². The molecule has 3 aromatic carbocycles. The highest BCUT2D eigenvalue weighted by molar-refractivity contribution is 5.31. The van der Waals surface area contributed by atoms with E-state index in [1.165, 1.54) is 18.2 Å². The Labute approximate surface area is 175 Å². The number of hydrogen-bond donors (Lipinski definition) is 1. The van der Waals surface area contributed by atoms with E-state index >= 15 is 0 Å². The predicted molar refractivity (Wildman–Crippen MR) is 111 cm³/mol. The summed E-state index contributed by atoms with van der Waals surface area (Å²) < 4.78 is 38.1. The number of halogens is 2. The van der Waals surface area contributed by atoms with Gasteiger partial charge in [0.15, 0.2) is 0 Å². The number of nitrogens with zero attached hydrogens (tertiary/aromatic N) is 1. The predicted octanol–water partition coefficient (Wildman–Crippen LogP) is 4.42. The molecule has 0 unspecified atom stereocenters. The van der Waals surface area contributed by atoms with Crippen LogP contribution in [0.3, 0.4) is 0 Å². The lowest BCUT2D eigenvalue weighted by atomic mass is 10.1. The van der Waals surface area contributed by atoms with E-state index in [1.54, 1.807) is 61.7 Å². The maximum absolute atomic E-state index is 14.1. The minimum atomic E-state index is -0.792. The van der Waals surface area contributed by atoms with Crippen molar-refractivity contribution in [3.05, 3.63) is 95.6 Å². The highest BCUT2D eigenvalue weighted by Gasteiger charge is 2.16. The van der Waals surface area contributed by atoms with E-state index in [4.69, 9.17) is 9.47 Å². The van der Waals surface area contributed by atoms with Crippen molar-refractivity contribution in [2.75, 3.05) is 20.3 Å². The van der Waals surface area contributed by atoms with Crippen molar-refractivity contribution in [3.63, 3.8) is 0 Å². The molecule has 1 atom stereocenters. The molecule has 0 aliphatic rings. The normalized spacial score (nSPS) is 12.0. The Morgan fingerprint density at radius 3 is 2.20 bits per heavy atom. The Kier molecular flexibility index (Phi) is 7.76. The van der Waals surface area contributed by atoms with Gasteiger partial charge >= 0.3 is 0 Å². The Morgan fingerprint density at radius 2 is 1.53 bits per heavy atom. The number of rotatable bonds is 10. The summed E-state index contributed by atoms with van der Waals surface area (Å²) in [5.74, 6) is 0.727. The topological polar surface area (TPSA) is 41.9 Å². The third kappa shape index (κ3) is 6.54. The first-order valence-corrected chi connectivity index (χ1v) is 9.68. The van der Waals surface area contributed by atoms with E-state index in [0.29, 0.717) is 24.4 Å². The van der Waals surface area contributed by atoms with Crippen LogP contribution in [-0.4, -0.2) is 36.4 Å². The van der Waals surface area contributed by atoms with Crippen molar-refractivity contribution < 1.29 is 23.4 Å². The number of ether oxygens (including phenoxy) is 2. The third-order valence-electron chi connectivity index (χ3n) is 4.64. The van der Waals surface area contributed by atoms with Gasteiger partial charge in [0, 0.05) is 25.2 Å². The molecule has 0 aromatic heterocycles. The highest BCUT2D eigenvalue weighted by Crippen LogP contribution is 2.18. The molecule has 0 saturated heterocycles. The molecule has 3 aromatic rings. The highest BCUT2D eigenvalue weighted by atomic mass is 19.1. The number of aliphatic hydroxyl groups excluding tert-OH is 1. The number of aliphatic hydroxyl groups is 1. The smallest absolute Gasteiger partial charge is 0.127 e. The van der Waals surface area contributed by atoms with Gasteiger partial charge in [-0.3, -0.25) is 4.90 Å². The zero-order chi connectivity index (χ0) is 21.3. The van der Waals surface area contributed by atoms with Crippen LogP contribution in [-0.2, 0) is 13.1 Å². The molecular weight excluding hydrogens is 388 g/mol. The summed E-state index contributed by atoms with van der Waals surface area (Å²) in [5.41, 5.74) is 1.40. The van der Waals surface area contributed by atoms with E-state index < -0.39 is 6.10 Å². The molecule has 0 fully saturated rings. The Hall–Kier alpha value is -2.96. The van der Waals surface area contributed by atoms with E-state index in [9.17, 15) is 13.9 Å². The van der Waals surface area contributed by atoms with Crippen molar-refractivity contribution in [2.45, 2.75) is 19.2 Å². The van der Waals surface area contributed by atoms with Crippen LogP contribution in [0.5, 0.6) is 11.5 Å². The van der Waals surface area contributed by atoms with Crippen LogP contribution < -0.4 is 9.47 Å². The van der Waals surface area contributed by atoms with Gasteiger partial charge in [-0.2, -0.15) is 0 Å². The van der Waals surface area contributed by atoms with Gasteiger partial charge in [-0.25, -0.2) is 8.78 Å². The summed E-state index contributed by atoms with van der Waals surface area (Å²) in [6.07, 6.45) is -0.792. The fourth-order valence-corrected chi connectivity index (χ4v) is 3.12. The first-order chi connectivity index (χ1) is 14.5. The standard InChI is InChI=1S/C24H25F2NO3/c1-29-22-10-12-23(13-11-22)30-17-21(28)16-27(14-18-6-8-20(25)9-7-18)15-19-4-2-3-5-24(19)26/h2-13,21,28H,14-17H2,1H3/t21-/m0/s1. The zero-order valence-corrected chi connectivity index (χ0v) is 16.8. The first-order valence-electron chi connectivity index (χ1n) is 9.68. The van der Waals surface area contributed by atoms with E-state index in [-0.39, 0.29) is 24.8 Å². The Balaban J connectivity index is 1.63. The molecule has 0 saturated carbocycles. The quantitative estimate of drug-likeness (QED) is 0.535. The fraction of sp³-hybridized carbons (Fsp3) is 0.250. The molecule has 6 heteroatoms. The summed E-state index contributed by atoms with van der Waals surface area (Å²) in [5, 5.41) is 10.5. The molecule has 0 radical (unpaired) electrons. The number of methoxy groups -OCH3 is 1. The van der Waals surface area contributed by atoms with Crippen LogP contribution in [0.15, 0.2) is 72.8 Å². The first kappa shape index (κ1) is 21.7. The molecule has 1 N–H and O–H groups in total. The molecule has 0 bridgehead atoms. The molecule has 3 rings (SSSR count). The lowest BCUT2D eigenvalue weighted by Crippen LogP contribution is -2.35. The summed E-state index contributed by atoms with van der Waals surface area (Å²) in [4.78, 5) is 1.91. The lowest BCUT2D eigenvalue weighted by Gasteiger charge is -2.25. The molecule has 0 spiro atoms. The van der Waals surface area contributed by atoms with Crippen LogP contribution >= 0.6 is 0 Å². The molecule has 4 nitrogen and oxygen atoms in total. The van der Waals surface area contributed by atoms with Gasteiger partial charge in [0.25, 0.3) is 0 Å². The Bertz CT molecular complexity index is 916. The van der Waals surface area contributed by atoms with Gasteiger partial charge in [0.1, 0.15) is 35.8 Å². The van der Waals surface area contributed by atoms with Crippen LogP contribution in [0.1, 0.15) is 11.1 Å². The largest absolute Gasteiger partial charge is 0.497 e. The van der Waals surface area contributed by atoms with Gasteiger partial charge < -0.3 is 14.6 Å². The van der Waals surface area contributed by atoms with E-state index in [0.717, 1.165) is 11.3 Å². The van der Waals surface area contributed by atoms with Crippen molar-refractivity contribution in [3.8, 4) is 11.5 Å². The van der Waals surface area contributed by atoms with E-state index in [1.807, 2.05) is 4.90 Å². The van der Waals surface area contributed by atoms with Crippen LogP contribution in [0, 0.1) is 11.6 Å². The molecule has 0 aliphatic carbocycles. The van der Waals surface area contributed by atoms with Crippen LogP contribution in [0.2, 0.25) is 0 Å². The summed E-state index contributed by atoms with van der Waals surface area (Å²) in [7, 11) is 1.59. The molecule has 0 amide bonds. The van der Waals surface area contributed by atoms with Crippen molar-refractivity contribution >= 4 is 0 Å². The van der Waals surface area contributed by atoms with Crippen molar-refractivity contribution in [1.82, 2.24) is 4.90 Å². The fourth-order valence-electron chi connectivity index (χ4n) is 3.12. The summed E-state index contributed by atoms with van der Waals surface area (Å²) in [6, 6.07) is 19.8. The molecular formula is C24H25F2NO3. The molecule has 158 valence electrons. The molecule has 30 heavy (non-hydrogen) atoms. The number of benzene rings is 3. The van der Waals surface area contributed by atoms with E-state index in [2.05, 4.69) is 0 Å². The lowest BCUT2D eigenvalue weighted by molar-refractivity contribution is 0.0624. The molecule has 0 heterocycles. The second-order valence-electron chi connectivity index (χ2n) is 7.03. The second kappa shape index (κ2) is 10.7. The number of hydrogen-bond acceptors (Lipinski definition) is 4. The maximum Gasteiger partial charge on any atom is 0.127 e. The Morgan fingerprint density at radius 1 is 0.867 bits per heavy atom. The van der Waals surface area contributed by atoms with Gasteiger partial charge in [-0.1, -0.05) is 30.3 Å². The summed E-state index contributed by atoms with van der Waals surface area (Å²) >= 11 is 0. The average Bonchev–Trinajstić information content (AvgIpc) is 2.76. The second-order valence-corrected chi connectivity index (χ2v) is 7.03. The van der Waals surface area contributed by atoms with Crippen molar-refractivity contribution in [1.29, 1.82) is 0 Å². The third-order valence-corrected chi connectivity index (χ3v) is 4.64. The zero-order valence-electron chi connectivity index (χ0n) is 16.8.